The van der Waals surface area contributed by atoms with Gasteiger partial charge in [-0.2, -0.15) is 10.2 Å². The molecule has 2 aromatic rings. The molecule has 2 aromatic heterocycles. The van der Waals surface area contributed by atoms with E-state index in [0.717, 1.165) is 16.1 Å². The normalized spacial score (nSPS) is 12.4. The van der Waals surface area contributed by atoms with Gasteiger partial charge in [-0.25, -0.2) is 13.6 Å². The molecule has 9 heteroatoms. The van der Waals surface area contributed by atoms with Gasteiger partial charge in [-0.3, -0.25) is 9.78 Å². The fraction of sp³-hybridized carbons (Fsp3) is 0.462. The Morgan fingerprint density at radius 1 is 1.50 bits per heavy atom. The number of anilines is 1. The van der Waals surface area contributed by atoms with Gasteiger partial charge in [0.2, 0.25) is 0 Å². The van der Waals surface area contributed by atoms with Crippen molar-refractivity contribution in [3.63, 3.8) is 0 Å². The molecule has 2 amide bonds. The molecule has 0 bridgehead atoms. The van der Waals surface area contributed by atoms with Crippen LogP contribution < -0.4 is 10.6 Å². The second-order valence-electron chi connectivity index (χ2n) is 5.09. The minimum absolute atomic E-state index is 0.126. The van der Waals surface area contributed by atoms with Crippen molar-refractivity contribution in [3.05, 3.63) is 29.8 Å². The molecule has 0 aliphatic carbocycles. The molecule has 0 unspecified atom stereocenters. The highest BCUT2D eigenvalue weighted by Crippen LogP contribution is 2.07. The Hall–Kier alpha value is -2.45. The van der Waals surface area contributed by atoms with Crippen molar-refractivity contribution >= 4 is 11.7 Å². The molecule has 2 rings (SSSR count). The molecule has 120 valence electrons. The predicted molar refractivity (Wildman–Crippen MR) is 76.9 cm³/mol. The van der Waals surface area contributed by atoms with Gasteiger partial charge in [0.05, 0.1) is 17.6 Å². The average Bonchev–Trinajstić information content (AvgIpc) is 2.98. The maximum Gasteiger partial charge on any atom is 0.319 e. The van der Waals surface area contributed by atoms with E-state index >= 15 is 0 Å². The van der Waals surface area contributed by atoms with Gasteiger partial charge in [0.25, 0.3) is 6.43 Å². The summed E-state index contributed by atoms with van der Waals surface area (Å²) in [4.78, 5) is 11.8. The largest absolute Gasteiger partial charge is 0.335 e. The number of aromatic amines is 1. The summed E-state index contributed by atoms with van der Waals surface area (Å²) in [5, 5.41) is 16.0. The van der Waals surface area contributed by atoms with Gasteiger partial charge in [-0.1, -0.05) is 0 Å². The van der Waals surface area contributed by atoms with Crippen LogP contribution in [0, 0.1) is 6.92 Å². The van der Waals surface area contributed by atoms with Crippen molar-refractivity contribution in [2.75, 3.05) is 5.32 Å². The van der Waals surface area contributed by atoms with Crippen LogP contribution in [0.1, 0.15) is 18.3 Å². The number of hydrogen-bond donors (Lipinski definition) is 3. The maximum atomic E-state index is 12.2. The molecule has 0 aliphatic heterocycles. The van der Waals surface area contributed by atoms with Crippen LogP contribution in [-0.4, -0.2) is 38.5 Å². The summed E-state index contributed by atoms with van der Waals surface area (Å²) in [5.41, 5.74) is 2.18. The molecular formula is C13H18F2N6O. The highest BCUT2D eigenvalue weighted by molar-refractivity contribution is 5.89. The Bertz CT molecular complexity index is 624. The van der Waals surface area contributed by atoms with Gasteiger partial charge in [-0.05, 0) is 19.9 Å². The number of rotatable bonds is 6. The third kappa shape index (κ3) is 4.83. The van der Waals surface area contributed by atoms with Crippen molar-refractivity contribution in [1.82, 2.24) is 25.3 Å². The number of carbonyl (C=O) groups excluding carboxylic acids is 1. The maximum absolute atomic E-state index is 12.2. The van der Waals surface area contributed by atoms with Crippen LogP contribution in [0.2, 0.25) is 0 Å². The number of amides is 2. The van der Waals surface area contributed by atoms with E-state index in [0.29, 0.717) is 12.1 Å². The number of hydrogen-bond acceptors (Lipinski definition) is 3. The van der Waals surface area contributed by atoms with Gasteiger partial charge in [0, 0.05) is 24.4 Å². The number of halogens is 2. The number of nitrogens with zero attached hydrogens (tertiary/aromatic N) is 3. The van der Waals surface area contributed by atoms with Crippen LogP contribution in [0.4, 0.5) is 19.3 Å². The van der Waals surface area contributed by atoms with Crippen molar-refractivity contribution < 1.29 is 13.6 Å². The van der Waals surface area contributed by atoms with E-state index in [-0.39, 0.29) is 6.04 Å². The monoisotopic (exact) mass is 312 g/mol. The highest BCUT2D eigenvalue weighted by atomic mass is 19.3. The zero-order valence-electron chi connectivity index (χ0n) is 12.3. The van der Waals surface area contributed by atoms with Crippen molar-refractivity contribution in [1.29, 1.82) is 0 Å². The summed E-state index contributed by atoms with van der Waals surface area (Å²) >= 11 is 0. The quantitative estimate of drug-likeness (QED) is 0.761. The smallest absolute Gasteiger partial charge is 0.319 e. The minimum Gasteiger partial charge on any atom is -0.335 e. The second kappa shape index (κ2) is 7.01. The summed E-state index contributed by atoms with van der Waals surface area (Å²) in [6, 6.07) is 1.36. The first kappa shape index (κ1) is 15.9. The second-order valence-corrected chi connectivity index (χ2v) is 5.09. The van der Waals surface area contributed by atoms with Crippen LogP contribution in [0.3, 0.4) is 0 Å². The molecule has 0 saturated heterocycles. The lowest BCUT2D eigenvalue weighted by Crippen LogP contribution is -2.37. The molecule has 2 heterocycles. The SMILES string of the molecule is Cc1cc(C[C@@H](C)NC(=O)Nc2cnn(CC(F)F)c2)n[nH]1. The molecule has 0 fully saturated rings. The summed E-state index contributed by atoms with van der Waals surface area (Å²) in [6.07, 6.45) is 0.776. The van der Waals surface area contributed by atoms with Crippen LogP contribution in [0.15, 0.2) is 18.5 Å². The molecule has 0 saturated carbocycles. The fourth-order valence-corrected chi connectivity index (χ4v) is 2.00. The standard InChI is InChI=1S/C13H18F2N6O/c1-8(3-10-4-9(2)19-20-10)17-13(22)18-11-5-16-21(6-11)7-12(14)15/h4-6,8,12H,3,7H2,1-2H3,(H,19,20)(H2,17,18,22)/t8-/m1/s1. The van der Waals surface area contributed by atoms with E-state index in [1.165, 1.54) is 12.4 Å². The van der Waals surface area contributed by atoms with Crippen molar-refractivity contribution in [2.24, 2.45) is 0 Å². The fourth-order valence-electron chi connectivity index (χ4n) is 2.00. The van der Waals surface area contributed by atoms with Crippen molar-refractivity contribution in [3.8, 4) is 0 Å². The Morgan fingerprint density at radius 2 is 2.27 bits per heavy atom. The van der Waals surface area contributed by atoms with Gasteiger partial charge in [0.1, 0.15) is 6.54 Å². The topological polar surface area (TPSA) is 87.6 Å². The average molecular weight is 312 g/mol. The van der Waals surface area contributed by atoms with Crippen LogP contribution >= 0.6 is 0 Å². The zero-order valence-corrected chi connectivity index (χ0v) is 12.3. The lowest BCUT2D eigenvalue weighted by molar-refractivity contribution is 0.122. The first-order valence-electron chi connectivity index (χ1n) is 6.81. The molecule has 0 spiro atoms. The number of alkyl halides is 2. The number of urea groups is 1. The summed E-state index contributed by atoms with van der Waals surface area (Å²) in [5.74, 6) is 0. The predicted octanol–water partition coefficient (Wildman–Crippen LogP) is 1.93. The van der Waals surface area contributed by atoms with Gasteiger partial charge < -0.3 is 10.6 Å². The molecular weight excluding hydrogens is 294 g/mol. The van der Waals surface area contributed by atoms with Crippen LogP contribution in [0.5, 0.6) is 0 Å². The highest BCUT2D eigenvalue weighted by Gasteiger charge is 2.11. The summed E-state index contributed by atoms with van der Waals surface area (Å²) in [6.45, 7) is 3.25. The lowest BCUT2D eigenvalue weighted by Gasteiger charge is -2.12. The number of aromatic nitrogens is 4. The van der Waals surface area contributed by atoms with E-state index in [2.05, 4.69) is 25.9 Å². The first-order chi connectivity index (χ1) is 10.4. The number of carbonyl (C=O) groups is 1. The molecule has 22 heavy (non-hydrogen) atoms. The van der Waals surface area contributed by atoms with Gasteiger partial charge >= 0.3 is 6.03 Å². The molecule has 1 atom stereocenters. The molecule has 0 aromatic carbocycles. The molecule has 0 aliphatic rings. The van der Waals surface area contributed by atoms with Crippen molar-refractivity contribution in [2.45, 2.75) is 39.3 Å². The van der Waals surface area contributed by atoms with E-state index < -0.39 is 19.0 Å². The Morgan fingerprint density at radius 3 is 2.91 bits per heavy atom. The Labute approximate surface area is 126 Å². The number of H-pyrrole nitrogens is 1. The van der Waals surface area contributed by atoms with Crippen LogP contribution in [0.25, 0.3) is 0 Å². The summed E-state index contributed by atoms with van der Waals surface area (Å²) in [7, 11) is 0. The van der Waals surface area contributed by atoms with E-state index in [4.69, 9.17) is 0 Å². The summed E-state index contributed by atoms with van der Waals surface area (Å²) < 4.78 is 25.5. The van der Waals surface area contributed by atoms with E-state index in [1.54, 1.807) is 0 Å². The minimum atomic E-state index is -2.49. The van der Waals surface area contributed by atoms with Gasteiger partial charge in [-0.15, -0.1) is 0 Å². The van der Waals surface area contributed by atoms with E-state index in [9.17, 15) is 13.6 Å². The van der Waals surface area contributed by atoms with E-state index in [1.807, 2.05) is 19.9 Å². The number of nitrogens with one attached hydrogen (secondary N) is 3. The molecule has 3 N–H and O–H groups in total. The number of aryl methyl sites for hydroxylation is 1. The van der Waals surface area contributed by atoms with Crippen LogP contribution in [-0.2, 0) is 13.0 Å². The zero-order chi connectivity index (χ0) is 16.1. The molecule has 0 radical (unpaired) electrons. The van der Waals surface area contributed by atoms with Gasteiger partial charge in [0.15, 0.2) is 0 Å². The Balaban J connectivity index is 1.80. The third-order valence-corrected chi connectivity index (χ3v) is 2.87. The molecule has 7 nitrogen and oxygen atoms in total. The third-order valence-electron chi connectivity index (χ3n) is 2.87. The Kier molecular flexibility index (Phi) is 5.08. The first-order valence-corrected chi connectivity index (χ1v) is 6.81. The lowest BCUT2D eigenvalue weighted by atomic mass is 10.2.